The number of likely N-dealkylation sites (N-methyl/N-ethyl adjacent to an activating group) is 1. The Morgan fingerprint density at radius 3 is 2.59 bits per heavy atom. The first-order valence-electron chi connectivity index (χ1n) is 11.1. The number of benzene rings is 3. The molecule has 2 aliphatic heterocycles. The van der Waals surface area contributed by atoms with Crippen molar-refractivity contribution in [3.8, 4) is 22.6 Å². The molecule has 1 spiro atoms. The molecule has 0 fully saturated rings. The second kappa shape index (κ2) is 8.06. The number of halogens is 1. The molecular formula is C27H26ClN3O3. The van der Waals surface area contributed by atoms with Crippen molar-refractivity contribution in [3.63, 3.8) is 0 Å². The highest BCUT2D eigenvalue weighted by Crippen LogP contribution is 2.50. The molecular weight excluding hydrogens is 450 g/mol. The van der Waals surface area contributed by atoms with E-state index in [0.717, 1.165) is 22.4 Å². The maximum Gasteiger partial charge on any atom is 0.261 e. The van der Waals surface area contributed by atoms with Gasteiger partial charge >= 0.3 is 0 Å². The molecule has 7 heteroatoms. The lowest BCUT2D eigenvalue weighted by molar-refractivity contribution is -0.133. The van der Waals surface area contributed by atoms with E-state index in [9.17, 15) is 4.79 Å². The predicted molar refractivity (Wildman–Crippen MR) is 133 cm³/mol. The number of fused-ring (bicyclic) bond motifs is 2. The number of methoxy groups -OCH3 is 1. The van der Waals surface area contributed by atoms with Gasteiger partial charge in [-0.15, -0.1) is 0 Å². The Morgan fingerprint density at radius 2 is 1.88 bits per heavy atom. The Labute approximate surface area is 204 Å². The molecule has 2 aliphatic rings. The van der Waals surface area contributed by atoms with Crippen molar-refractivity contribution >= 4 is 23.5 Å². The highest BCUT2D eigenvalue weighted by atomic mass is 35.5. The molecule has 2 atom stereocenters. The number of aliphatic imine (C=N–C) groups is 1. The van der Waals surface area contributed by atoms with Gasteiger partial charge in [0.15, 0.2) is 11.5 Å². The van der Waals surface area contributed by atoms with Crippen molar-refractivity contribution in [1.29, 1.82) is 0 Å². The highest BCUT2D eigenvalue weighted by Gasteiger charge is 2.56. The maximum atomic E-state index is 13.6. The molecule has 0 bridgehead atoms. The van der Waals surface area contributed by atoms with Gasteiger partial charge < -0.3 is 15.2 Å². The molecule has 2 N–H and O–H groups in total. The number of carbonyl (C=O) groups excluding carboxylic acids is 1. The number of hydrogen-bond acceptors (Lipinski definition) is 5. The van der Waals surface area contributed by atoms with Gasteiger partial charge in [-0.25, -0.2) is 4.99 Å². The average Bonchev–Trinajstić information content (AvgIpc) is 3.02. The molecule has 34 heavy (non-hydrogen) atoms. The van der Waals surface area contributed by atoms with Crippen LogP contribution in [0.15, 0.2) is 71.7 Å². The van der Waals surface area contributed by atoms with Crippen LogP contribution in [-0.4, -0.2) is 36.5 Å². The zero-order valence-electron chi connectivity index (χ0n) is 19.3. The second-order valence-electron chi connectivity index (χ2n) is 9.17. The minimum absolute atomic E-state index is 0.158. The van der Waals surface area contributed by atoms with E-state index in [0.29, 0.717) is 29.2 Å². The zero-order valence-corrected chi connectivity index (χ0v) is 20.1. The molecule has 0 aliphatic carbocycles. The molecule has 1 amide bonds. The number of rotatable bonds is 4. The summed E-state index contributed by atoms with van der Waals surface area (Å²) in [6.45, 7) is 2.01. The van der Waals surface area contributed by atoms with E-state index in [1.165, 1.54) is 4.90 Å². The lowest BCUT2D eigenvalue weighted by atomic mass is 9.74. The lowest BCUT2D eigenvalue weighted by Crippen LogP contribution is -2.51. The van der Waals surface area contributed by atoms with Crippen LogP contribution in [0, 0.1) is 0 Å². The van der Waals surface area contributed by atoms with Gasteiger partial charge in [-0.1, -0.05) is 41.9 Å². The predicted octanol–water partition coefficient (Wildman–Crippen LogP) is 4.78. The molecule has 0 aromatic heterocycles. The van der Waals surface area contributed by atoms with Crippen LogP contribution in [0.4, 0.5) is 0 Å². The van der Waals surface area contributed by atoms with Crippen LogP contribution in [-0.2, 0) is 16.8 Å². The Bertz CT molecular complexity index is 1320. The van der Waals surface area contributed by atoms with Crippen molar-refractivity contribution in [2.45, 2.75) is 30.9 Å². The van der Waals surface area contributed by atoms with Crippen LogP contribution in [0.1, 0.15) is 24.5 Å². The second-order valence-corrected chi connectivity index (χ2v) is 9.61. The number of ether oxygens (including phenoxy) is 2. The molecule has 174 valence electrons. The van der Waals surface area contributed by atoms with E-state index >= 15 is 0 Å². The summed E-state index contributed by atoms with van der Waals surface area (Å²) in [6, 6.07) is 21.3. The SMILES string of the molecule is COc1cccc(C[C@@]2(C)CC3(N=C(N)N(C)C3=O)c3cc(-c4cccc(Cl)c4)ccc3O2)c1. The first-order valence-corrected chi connectivity index (χ1v) is 11.5. The van der Waals surface area contributed by atoms with E-state index in [-0.39, 0.29) is 11.9 Å². The number of nitrogens with zero attached hydrogens (tertiary/aromatic N) is 2. The first-order chi connectivity index (χ1) is 16.2. The minimum Gasteiger partial charge on any atom is -0.497 e. The average molecular weight is 476 g/mol. The summed E-state index contributed by atoms with van der Waals surface area (Å²) >= 11 is 6.22. The number of carbonyl (C=O) groups is 1. The summed E-state index contributed by atoms with van der Waals surface area (Å²) < 4.78 is 12.0. The van der Waals surface area contributed by atoms with Gasteiger partial charge in [-0.05, 0) is 60.0 Å². The van der Waals surface area contributed by atoms with Crippen molar-refractivity contribution < 1.29 is 14.3 Å². The normalized spacial score (nSPS) is 23.5. The van der Waals surface area contributed by atoms with E-state index in [1.54, 1.807) is 14.2 Å². The molecule has 3 aromatic carbocycles. The number of hydrogen-bond donors (Lipinski definition) is 1. The van der Waals surface area contributed by atoms with Crippen molar-refractivity contribution in [1.82, 2.24) is 4.90 Å². The lowest BCUT2D eigenvalue weighted by Gasteiger charge is -2.43. The Kier molecular flexibility index (Phi) is 5.29. The summed E-state index contributed by atoms with van der Waals surface area (Å²) in [5.74, 6) is 1.45. The number of amides is 1. The standard InChI is InChI=1S/C27H26ClN3O3/c1-26(15-17-6-4-9-21(12-17)33-3)16-27(24(32)31(2)25(29)30-27)22-14-19(10-11-23(22)34-26)18-7-5-8-20(28)13-18/h4-14H,15-16H2,1-3H3,(H2,29,30)/t26-,27?/m0/s1. The summed E-state index contributed by atoms with van der Waals surface area (Å²) in [5, 5.41) is 0.644. The molecule has 0 radical (unpaired) electrons. The van der Waals surface area contributed by atoms with Crippen LogP contribution < -0.4 is 15.2 Å². The van der Waals surface area contributed by atoms with Crippen LogP contribution >= 0.6 is 11.6 Å². The first kappa shape index (κ1) is 22.3. The number of guanidine groups is 1. The van der Waals surface area contributed by atoms with Gasteiger partial charge in [0, 0.05) is 30.5 Å². The smallest absolute Gasteiger partial charge is 0.261 e. The monoisotopic (exact) mass is 475 g/mol. The Balaban J connectivity index is 1.62. The van der Waals surface area contributed by atoms with Gasteiger partial charge in [0.05, 0.1) is 7.11 Å². The topological polar surface area (TPSA) is 77.2 Å². The summed E-state index contributed by atoms with van der Waals surface area (Å²) in [6.07, 6.45) is 0.931. The molecule has 0 saturated carbocycles. The fourth-order valence-electron chi connectivity index (χ4n) is 5.03. The fraction of sp³-hybridized carbons (Fsp3) is 0.259. The van der Waals surface area contributed by atoms with Crippen molar-refractivity contribution in [2.75, 3.05) is 14.2 Å². The minimum atomic E-state index is -1.16. The van der Waals surface area contributed by atoms with E-state index < -0.39 is 11.1 Å². The summed E-state index contributed by atoms with van der Waals surface area (Å²) in [4.78, 5) is 19.8. The van der Waals surface area contributed by atoms with Gasteiger partial charge in [0.1, 0.15) is 17.1 Å². The van der Waals surface area contributed by atoms with Crippen molar-refractivity contribution in [3.05, 3.63) is 82.9 Å². The fourth-order valence-corrected chi connectivity index (χ4v) is 5.22. The summed E-state index contributed by atoms with van der Waals surface area (Å²) in [7, 11) is 3.30. The van der Waals surface area contributed by atoms with Crippen LogP contribution in [0.3, 0.4) is 0 Å². The van der Waals surface area contributed by atoms with Gasteiger partial charge in [0.2, 0.25) is 0 Å². The summed E-state index contributed by atoms with van der Waals surface area (Å²) in [5.41, 5.74) is 7.95. The van der Waals surface area contributed by atoms with Crippen LogP contribution in [0.5, 0.6) is 11.5 Å². The third-order valence-electron chi connectivity index (χ3n) is 6.59. The molecule has 3 aromatic rings. The van der Waals surface area contributed by atoms with Crippen LogP contribution in [0.25, 0.3) is 11.1 Å². The highest BCUT2D eigenvalue weighted by molar-refractivity contribution is 6.30. The molecule has 5 rings (SSSR count). The van der Waals surface area contributed by atoms with E-state index in [2.05, 4.69) is 0 Å². The van der Waals surface area contributed by atoms with Gasteiger partial charge in [0.25, 0.3) is 5.91 Å². The Morgan fingerprint density at radius 1 is 1.12 bits per heavy atom. The number of nitrogens with two attached hydrogens (primary N) is 1. The molecule has 2 heterocycles. The van der Waals surface area contributed by atoms with Gasteiger partial charge in [-0.2, -0.15) is 0 Å². The zero-order chi connectivity index (χ0) is 24.1. The largest absolute Gasteiger partial charge is 0.497 e. The van der Waals surface area contributed by atoms with Gasteiger partial charge in [-0.3, -0.25) is 9.69 Å². The third-order valence-corrected chi connectivity index (χ3v) is 6.82. The maximum absolute atomic E-state index is 13.6. The molecule has 1 unspecified atom stereocenters. The molecule has 0 saturated heterocycles. The quantitative estimate of drug-likeness (QED) is 0.589. The third kappa shape index (κ3) is 3.68. The van der Waals surface area contributed by atoms with E-state index in [4.69, 9.17) is 31.8 Å². The Hall–Kier alpha value is -3.51. The van der Waals surface area contributed by atoms with E-state index in [1.807, 2.05) is 73.7 Å². The van der Waals surface area contributed by atoms with Crippen LogP contribution in [0.2, 0.25) is 5.02 Å². The molecule has 6 nitrogen and oxygen atoms in total. The van der Waals surface area contributed by atoms with Crippen molar-refractivity contribution in [2.24, 2.45) is 10.7 Å².